The van der Waals surface area contributed by atoms with Crippen LogP contribution in [0, 0.1) is 0 Å². The average Bonchev–Trinajstić information content (AvgIpc) is 3.53. The number of thiophene rings is 1. The molecule has 0 aliphatic heterocycles. The molecule has 48 heavy (non-hydrogen) atoms. The van der Waals surface area contributed by atoms with Crippen LogP contribution in [0.3, 0.4) is 0 Å². The van der Waals surface area contributed by atoms with Crippen molar-refractivity contribution >= 4 is 91.7 Å². The summed E-state index contributed by atoms with van der Waals surface area (Å²) in [6.07, 6.45) is 0. The Bertz CT molecular complexity index is 2770. The lowest BCUT2D eigenvalue weighted by atomic mass is 9.96. The molecule has 2 heteroatoms. The number of anilines is 3. The molecule has 0 fully saturated rings. The third-order valence-electron chi connectivity index (χ3n) is 9.81. The summed E-state index contributed by atoms with van der Waals surface area (Å²) in [5, 5.41) is 12.6. The molecule has 0 N–H and O–H groups in total. The minimum atomic E-state index is 1.17. The van der Waals surface area contributed by atoms with Gasteiger partial charge < -0.3 is 4.90 Å². The lowest BCUT2D eigenvalue weighted by molar-refractivity contribution is 1.33. The largest absolute Gasteiger partial charge is 0.309 e. The van der Waals surface area contributed by atoms with Crippen LogP contribution < -0.4 is 4.90 Å². The molecule has 0 radical (unpaired) electrons. The summed E-state index contributed by atoms with van der Waals surface area (Å²) in [6.45, 7) is 0. The Morgan fingerprint density at radius 1 is 0.333 bits per heavy atom. The predicted octanol–water partition coefficient (Wildman–Crippen LogP) is 13.8. The minimum Gasteiger partial charge on any atom is -0.309 e. The monoisotopic (exact) mass is 627 g/mol. The maximum atomic E-state index is 2.50. The Morgan fingerprint density at radius 2 is 0.854 bits per heavy atom. The SMILES string of the molecule is c1ccc2c(-c3ccc4sc5c6ccccc6c(N(c6cccc7ccccc67)c6cccc7ccccc67)cc5c4c3)cccc2c1. The molecule has 10 rings (SSSR count). The van der Waals surface area contributed by atoms with E-state index in [9.17, 15) is 0 Å². The lowest BCUT2D eigenvalue weighted by Gasteiger charge is -2.29. The summed E-state index contributed by atoms with van der Waals surface area (Å²) in [5.41, 5.74) is 6.04. The first kappa shape index (κ1) is 27.2. The van der Waals surface area contributed by atoms with Gasteiger partial charge in [0.25, 0.3) is 0 Å². The zero-order chi connectivity index (χ0) is 31.6. The number of fused-ring (bicyclic) bond motifs is 8. The second kappa shape index (κ2) is 10.8. The van der Waals surface area contributed by atoms with Gasteiger partial charge in [-0.3, -0.25) is 0 Å². The lowest BCUT2D eigenvalue weighted by Crippen LogP contribution is -2.11. The van der Waals surface area contributed by atoms with E-state index in [1.807, 2.05) is 11.3 Å². The van der Waals surface area contributed by atoms with Gasteiger partial charge in [-0.2, -0.15) is 0 Å². The van der Waals surface area contributed by atoms with Gasteiger partial charge in [0.05, 0.1) is 17.1 Å². The van der Waals surface area contributed by atoms with Gasteiger partial charge in [0.1, 0.15) is 0 Å². The third-order valence-corrected chi connectivity index (χ3v) is 11.0. The molecule has 9 aromatic carbocycles. The molecule has 0 spiro atoms. The molecule has 0 unspecified atom stereocenters. The van der Waals surface area contributed by atoms with E-state index in [4.69, 9.17) is 0 Å². The van der Waals surface area contributed by atoms with E-state index in [-0.39, 0.29) is 0 Å². The van der Waals surface area contributed by atoms with Crippen LogP contribution in [0.1, 0.15) is 0 Å². The van der Waals surface area contributed by atoms with Crippen molar-refractivity contribution in [2.75, 3.05) is 4.90 Å². The Morgan fingerprint density at radius 3 is 1.52 bits per heavy atom. The molecule has 0 saturated heterocycles. The van der Waals surface area contributed by atoms with Gasteiger partial charge in [0.2, 0.25) is 0 Å². The van der Waals surface area contributed by atoms with E-state index < -0.39 is 0 Å². The van der Waals surface area contributed by atoms with Gasteiger partial charge in [-0.1, -0.05) is 146 Å². The van der Waals surface area contributed by atoms with Crippen LogP contribution in [0.25, 0.3) is 74.4 Å². The molecule has 0 bridgehead atoms. The van der Waals surface area contributed by atoms with Crippen molar-refractivity contribution < 1.29 is 0 Å². The van der Waals surface area contributed by atoms with Crippen LogP contribution in [-0.2, 0) is 0 Å². The van der Waals surface area contributed by atoms with Crippen molar-refractivity contribution in [3.05, 3.63) is 176 Å². The second-order valence-electron chi connectivity index (χ2n) is 12.5. The van der Waals surface area contributed by atoms with Crippen molar-refractivity contribution in [3.8, 4) is 11.1 Å². The van der Waals surface area contributed by atoms with Crippen molar-refractivity contribution in [1.82, 2.24) is 0 Å². The minimum absolute atomic E-state index is 1.17. The normalized spacial score (nSPS) is 11.8. The summed E-state index contributed by atoms with van der Waals surface area (Å²) in [5.74, 6) is 0. The molecular weight excluding hydrogens is 599 g/mol. The highest BCUT2D eigenvalue weighted by molar-refractivity contribution is 7.26. The zero-order valence-corrected chi connectivity index (χ0v) is 26.9. The smallest absolute Gasteiger partial charge is 0.0547 e. The molecule has 1 heterocycles. The van der Waals surface area contributed by atoms with Crippen LogP contribution in [-0.4, -0.2) is 0 Å². The van der Waals surface area contributed by atoms with Crippen LogP contribution in [0.15, 0.2) is 176 Å². The van der Waals surface area contributed by atoms with E-state index in [1.165, 1.54) is 91.5 Å². The highest BCUT2D eigenvalue weighted by Gasteiger charge is 2.22. The fourth-order valence-electron chi connectivity index (χ4n) is 7.60. The Balaban J connectivity index is 1.31. The van der Waals surface area contributed by atoms with E-state index in [0.29, 0.717) is 0 Å². The maximum Gasteiger partial charge on any atom is 0.0547 e. The average molecular weight is 628 g/mol. The molecule has 0 aliphatic rings. The molecular formula is C46H29NS. The zero-order valence-electron chi connectivity index (χ0n) is 26.1. The Hall–Kier alpha value is -5.96. The highest BCUT2D eigenvalue weighted by atomic mass is 32.1. The van der Waals surface area contributed by atoms with Gasteiger partial charge in [0.15, 0.2) is 0 Å². The number of benzene rings is 9. The molecule has 224 valence electrons. The van der Waals surface area contributed by atoms with Crippen molar-refractivity contribution in [2.45, 2.75) is 0 Å². The first-order chi connectivity index (χ1) is 23.8. The van der Waals surface area contributed by atoms with Crippen molar-refractivity contribution in [1.29, 1.82) is 0 Å². The van der Waals surface area contributed by atoms with Crippen molar-refractivity contribution in [3.63, 3.8) is 0 Å². The second-order valence-corrected chi connectivity index (χ2v) is 13.5. The Labute approximate surface area is 282 Å². The first-order valence-corrected chi connectivity index (χ1v) is 17.3. The van der Waals surface area contributed by atoms with Crippen molar-refractivity contribution in [2.24, 2.45) is 0 Å². The number of hydrogen-bond acceptors (Lipinski definition) is 2. The molecule has 1 nitrogen and oxygen atoms in total. The third kappa shape index (κ3) is 4.17. The fourth-order valence-corrected chi connectivity index (χ4v) is 8.81. The van der Waals surface area contributed by atoms with Crippen LogP contribution in [0.4, 0.5) is 17.1 Å². The highest BCUT2D eigenvalue weighted by Crippen LogP contribution is 2.49. The van der Waals surface area contributed by atoms with Gasteiger partial charge in [-0.15, -0.1) is 11.3 Å². The molecule has 0 aliphatic carbocycles. The molecule has 0 atom stereocenters. The molecule has 0 amide bonds. The summed E-state index contributed by atoms with van der Waals surface area (Å²) >= 11 is 1.90. The van der Waals surface area contributed by atoms with Crippen LogP contribution >= 0.6 is 11.3 Å². The Kier molecular flexibility index (Phi) is 6.12. The fraction of sp³-hybridized carbons (Fsp3) is 0. The predicted molar refractivity (Wildman–Crippen MR) is 209 cm³/mol. The van der Waals surface area contributed by atoms with Gasteiger partial charge in [-0.05, 0) is 63.0 Å². The number of hydrogen-bond donors (Lipinski definition) is 0. The van der Waals surface area contributed by atoms with E-state index >= 15 is 0 Å². The summed E-state index contributed by atoms with van der Waals surface area (Å²) < 4.78 is 2.63. The summed E-state index contributed by atoms with van der Waals surface area (Å²) in [6, 6.07) is 64.5. The summed E-state index contributed by atoms with van der Waals surface area (Å²) in [4.78, 5) is 2.50. The quantitative estimate of drug-likeness (QED) is 0.188. The number of rotatable bonds is 4. The van der Waals surface area contributed by atoms with Gasteiger partial charge in [0, 0.05) is 41.7 Å². The standard InChI is InChI=1S/C46H29NS/c1-4-18-34-30(12-1)15-9-23-35(34)33-26-27-45-40(28-33)41-29-44(38-21-7-8-22-39(38)46(41)48-45)47(42-24-10-16-31-13-2-5-19-36(31)42)43-25-11-17-32-14-3-6-20-37(32)43/h1-29H. The first-order valence-electron chi connectivity index (χ1n) is 16.4. The molecule has 1 aromatic heterocycles. The van der Waals surface area contributed by atoms with Crippen LogP contribution in [0.2, 0.25) is 0 Å². The van der Waals surface area contributed by atoms with Gasteiger partial charge in [-0.25, -0.2) is 0 Å². The molecule has 0 saturated carbocycles. The van der Waals surface area contributed by atoms with Gasteiger partial charge >= 0.3 is 0 Å². The van der Waals surface area contributed by atoms with E-state index in [1.54, 1.807) is 0 Å². The van der Waals surface area contributed by atoms with E-state index in [2.05, 4.69) is 181 Å². The van der Waals surface area contributed by atoms with E-state index in [0.717, 1.165) is 0 Å². The maximum absolute atomic E-state index is 2.50. The number of nitrogens with zero attached hydrogens (tertiary/aromatic N) is 1. The molecule has 10 aromatic rings. The topological polar surface area (TPSA) is 3.24 Å². The van der Waals surface area contributed by atoms with Crippen LogP contribution in [0.5, 0.6) is 0 Å². The summed E-state index contributed by atoms with van der Waals surface area (Å²) in [7, 11) is 0.